The molecule has 0 aliphatic rings. The minimum atomic E-state index is 1.13. The van der Waals surface area contributed by atoms with Gasteiger partial charge in [-0.15, -0.1) is 0 Å². The molecule has 0 aliphatic heterocycles. The Labute approximate surface area is 411 Å². The molecule has 0 unspecified atom stereocenters. The Morgan fingerprint density at radius 3 is 0.929 bits per heavy atom. The maximum atomic E-state index is 2.50. The molecule has 0 heterocycles. The topological polar surface area (TPSA) is 6.48 Å². The maximum Gasteiger partial charge on any atom is 0.0546 e. The van der Waals surface area contributed by atoms with E-state index in [1.165, 1.54) is 98.7 Å². The van der Waals surface area contributed by atoms with Crippen LogP contribution in [0.5, 0.6) is 0 Å². The number of benzene rings is 12. The monoisotopic (exact) mass is 896 g/mol. The Balaban J connectivity index is 1.05. The molecular weight excluding hydrogens is 845 g/mol. The van der Waals surface area contributed by atoms with Crippen molar-refractivity contribution in [2.24, 2.45) is 0 Å². The summed E-state index contributed by atoms with van der Waals surface area (Å²) in [5, 5.41) is 9.85. The zero-order chi connectivity index (χ0) is 47.3. The standard InChI is InChI=1S/C68H52N2/c1-45-39-53(69(63-37-21-19-31-57(63)49-23-7-5-8-24-49)65-43-51-27-11-13-29-55(51)59-33-15-17-35-61(59)65)40-46(2)67(45)68-47(3)41-54(42-48(68)4)70(64-38-22-20-32-58(64)50-25-9-6-10-26-50)66-44-52-28-12-14-30-56(52)60-34-16-18-36-62(60)66/h5-44H,1-4H3. The van der Waals surface area contributed by atoms with Crippen LogP contribution < -0.4 is 9.80 Å². The van der Waals surface area contributed by atoms with E-state index in [-0.39, 0.29) is 0 Å². The highest BCUT2D eigenvalue weighted by Gasteiger charge is 2.25. The van der Waals surface area contributed by atoms with Crippen molar-refractivity contribution in [1.29, 1.82) is 0 Å². The molecule has 0 radical (unpaired) electrons. The number of nitrogens with zero attached hydrogens (tertiary/aromatic N) is 2. The average molecular weight is 897 g/mol. The van der Waals surface area contributed by atoms with Crippen molar-refractivity contribution in [2.45, 2.75) is 27.7 Å². The number of aryl methyl sites for hydroxylation is 4. The van der Waals surface area contributed by atoms with E-state index in [9.17, 15) is 0 Å². The second-order valence-electron chi connectivity index (χ2n) is 18.7. The number of para-hydroxylation sites is 2. The van der Waals surface area contributed by atoms with Gasteiger partial charge < -0.3 is 9.80 Å². The van der Waals surface area contributed by atoms with Crippen molar-refractivity contribution in [3.05, 3.63) is 265 Å². The van der Waals surface area contributed by atoms with Crippen LogP contribution in [0, 0.1) is 27.7 Å². The lowest BCUT2D eigenvalue weighted by Crippen LogP contribution is -2.13. The molecular formula is C68H52N2. The summed E-state index contributed by atoms with van der Waals surface area (Å²) in [6, 6.07) is 89.0. The Kier molecular flexibility index (Phi) is 10.8. The van der Waals surface area contributed by atoms with E-state index >= 15 is 0 Å². The van der Waals surface area contributed by atoms with Crippen LogP contribution in [0.2, 0.25) is 0 Å². The predicted octanol–water partition coefficient (Wildman–Crippen LogP) is 19.5. The van der Waals surface area contributed by atoms with Crippen molar-refractivity contribution in [2.75, 3.05) is 9.80 Å². The van der Waals surface area contributed by atoms with Gasteiger partial charge in [-0.3, -0.25) is 0 Å². The first-order valence-electron chi connectivity index (χ1n) is 24.3. The molecule has 0 atom stereocenters. The molecule has 334 valence electrons. The molecule has 0 spiro atoms. The highest BCUT2D eigenvalue weighted by Crippen LogP contribution is 2.50. The molecule has 0 N–H and O–H groups in total. The molecule has 12 rings (SSSR count). The molecule has 0 amide bonds. The first kappa shape index (κ1) is 42.6. The Bertz CT molecular complexity index is 3640. The summed E-state index contributed by atoms with van der Waals surface area (Å²) in [6.45, 7) is 9.17. The maximum absolute atomic E-state index is 2.50. The smallest absolute Gasteiger partial charge is 0.0546 e. The molecule has 0 bridgehead atoms. The lowest BCUT2D eigenvalue weighted by molar-refractivity contribution is 1.24. The molecule has 0 saturated heterocycles. The third kappa shape index (κ3) is 7.37. The van der Waals surface area contributed by atoms with E-state index in [2.05, 4.69) is 280 Å². The third-order valence-corrected chi connectivity index (χ3v) is 14.2. The Hall–Kier alpha value is -8.72. The number of fused-ring (bicyclic) bond motifs is 6. The summed E-state index contributed by atoms with van der Waals surface area (Å²) >= 11 is 0. The highest BCUT2D eigenvalue weighted by atomic mass is 15.2. The SMILES string of the molecule is Cc1cc(N(c2ccccc2-c2ccccc2)c2cc3ccccc3c3ccccc23)cc(C)c1-c1c(C)cc(N(c2ccccc2-c2ccccc2)c2cc3ccccc3c3ccccc23)cc1C. The van der Waals surface area contributed by atoms with Gasteiger partial charge in [0.1, 0.15) is 0 Å². The van der Waals surface area contributed by atoms with E-state index in [0.717, 1.165) is 34.1 Å². The van der Waals surface area contributed by atoms with E-state index in [1.807, 2.05) is 0 Å². The summed E-state index contributed by atoms with van der Waals surface area (Å²) < 4.78 is 0. The van der Waals surface area contributed by atoms with E-state index < -0.39 is 0 Å². The lowest BCUT2D eigenvalue weighted by Gasteiger charge is -2.32. The van der Waals surface area contributed by atoms with Gasteiger partial charge in [-0.2, -0.15) is 0 Å². The van der Waals surface area contributed by atoms with Gasteiger partial charge in [-0.1, -0.05) is 194 Å². The largest absolute Gasteiger partial charge is 0.309 e. The zero-order valence-corrected chi connectivity index (χ0v) is 40.0. The van der Waals surface area contributed by atoms with Crippen LogP contribution >= 0.6 is 0 Å². The van der Waals surface area contributed by atoms with Gasteiger partial charge >= 0.3 is 0 Å². The minimum Gasteiger partial charge on any atom is -0.309 e. The molecule has 0 aromatic heterocycles. The number of hydrogen-bond acceptors (Lipinski definition) is 2. The van der Waals surface area contributed by atoms with Gasteiger partial charge in [-0.25, -0.2) is 0 Å². The van der Waals surface area contributed by atoms with Gasteiger partial charge in [0.05, 0.1) is 22.7 Å². The van der Waals surface area contributed by atoms with E-state index in [1.54, 1.807) is 0 Å². The minimum absolute atomic E-state index is 1.13. The van der Waals surface area contributed by atoms with Crippen LogP contribution in [0.25, 0.3) is 76.5 Å². The Morgan fingerprint density at radius 1 is 0.243 bits per heavy atom. The molecule has 0 fully saturated rings. The fraction of sp³-hybridized carbons (Fsp3) is 0.0588. The average Bonchev–Trinajstić information content (AvgIpc) is 3.40. The summed E-state index contributed by atoms with van der Waals surface area (Å²) in [5.74, 6) is 0. The second-order valence-corrected chi connectivity index (χ2v) is 18.7. The van der Waals surface area contributed by atoms with Crippen molar-refractivity contribution < 1.29 is 0 Å². The van der Waals surface area contributed by atoms with Crippen molar-refractivity contribution >= 4 is 77.2 Å². The quantitative estimate of drug-likeness (QED) is 0.133. The predicted molar refractivity (Wildman–Crippen MR) is 301 cm³/mol. The molecule has 2 heteroatoms. The molecule has 12 aromatic carbocycles. The summed E-state index contributed by atoms with van der Waals surface area (Å²) in [4.78, 5) is 5.00. The fourth-order valence-corrected chi connectivity index (χ4v) is 11.2. The number of anilines is 6. The first-order valence-corrected chi connectivity index (χ1v) is 24.3. The normalized spacial score (nSPS) is 11.4. The van der Waals surface area contributed by atoms with Crippen LogP contribution in [0.15, 0.2) is 243 Å². The van der Waals surface area contributed by atoms with Crippen LogP contribution in [0.1, 0.15) is 22.3 Å². The third-order valence-electron chi connectivity index (χ3n) is 14.2. The number of hydrogen-bond donors (Lipinski definition) is 0. The molecule has 12 aromatic rings. The van der Waals surface area contributed by atoms with E-state index in [4.69, 9.17) is 0 Å². The lowest BCUT2D eigenvalue weighted by atomic mass is 9.88. The summed E-state index contributed by atoms with van der Waals surface area (Å²) in [7, 11) is 0. The molecule has 0 aliphatic carbocycles. The first-order chi connectivity index (χ1) is 34.4. The van der Waals surface area contributed by atoms with Crippen molar-refractivity contribution in [3.8, 4) is 33.4 Å². The van der Waals surface area contributed by atoms with Crippen LogP contribution in [-0.4, -0.2) is 0 Å². The molecule has 0 saturated carbocycles. The van der Waals surface area contributed by atoms with Crippen LogP contribution in [-0.2, 0) is 0 Å². The van der Waals surface area contributed by atoms with Crippen molar-refractivity contribution in [1.82, 2.24) is 0 Å². The number of rotatable bonds is 9. The zero-order valence-electron chi connectivity index (χ0n) is 40.0. The van der Waals surface area contributed by atoms with E-state index in [0.29, 0.717) is 0 Å². The van der Waals surface area contributed by atoms with Crippen LogP contribution in [0.4, 0.5) is 34.1 Å². The molecule has 2 nitrogen and oxygen atoms in total. The van der Waals surface area contributed by atoms with Gasteiger partial charge in [0.2, 0.25) is 0 Å². The fourth-order valence-electron chi connectivity index (χ4n) is 11.2. The summed E-state index contributed by atoms with van der Waals surface area (Å²) in [6.07, 6.45) is 0. The highest BCUT2D eigenvalue weighted by molar-refractivity contribution is 6.16. The van der Waals surface area contributed by atoms with Crippen LogP contribution in [0.3, 0.4) is 0 Å². The molecule has 70 heavy (non-hydrogen) atoms. The second kappa shape index (κ2) is 17.7. The van der Waals surface area contributed by atoms with Gasteiger partial charge in [-0.05, 0) is 153 Å². The van der Waals surface area contributed by atoms with Gasteiger partial charge in [0.15, 0.2) is 0 Å². The van der Waals surface area contributed by atoms with Gasteiger partial charge in [0, 0.05) is 33.3 Å². The summed E-state index contributed by atoms with van der Waals surface area (Å²) in [5.41, 5.74) is 19.0. The van der Waals surface area contributed by atoms with Gasteiger partial charge in [0.25, 0.3) is 0 Å². The Morgan fingerprint density at radius 2 is 0.543 bits per heavy atom. The van der Waals surface area contributed by atoms with Crippen molar-refractivity contribution in [3.63, 3.8) is 0 Å².